The lowest BCUT2D eigenvalue weighted by Crippen LogP contribution is -2.16. The van der Waals surface area contributed by atoms with Gasteiger partial charge in [0.25, 0.3) is 0 Å². The predicted octanol–water partition coefficient (Wildman–Crippen LogP) is 3.19. The van der Waals surface area contributed by atoms with E-state index in [0.29, 0.717) is 5.56 Å². The molecule has 0 saturated heterocycles. The van der Waals surface area contributed by atoms with E-state index in [2.05, 4.69) is 11.4 Å². The molecule has 0 radical (unpaired) electrons. The van der Waals surface area contributed by atoms with Gasteiger partial charge < -0.3 is 9.88 Å². The number of thiazole rings is 1. The van der Waals surface area contributed by atoms with E-state index in [1.54, 1.807) is 29.9 Å². The Hall–Kier alpha value is -3.35. The van der Waals surface area contributed by atoms with Gasteiger partial charge in [0.05, 0.1) is 34.0 Å². The van der Waals surface area contributed by atoms with Gasteiger partial charge in [-0.3, -0.25) is 4.79 Å². The van der Waals surface area contributed by atoms with Gasteiger partial charge in [0, 0.05) is 19.3 Å². The number of benzene rings is 2. The number of fused-ring (bicyclic) bond motifs is 1. The van der Waals surface area contributed by atoms with E-state index >= 15 is 0 Å². The van der Waals surface area contributed by atoms with Gasteiger partial charge in [-0.2, -0.15) is 10.5 Å². The molecule has 0 amide bonds. The quantitative estimate of drug-likeness (QED) is 0.736. The highest BCUT2D eigenvalue weighted by molar-refractivity contribution is 7.16. The minimum atomic E-state index is -0.191. The van der Waals surface area contributed by atoms with E-state index in [9.17, 15) is 4.79 Å². The van der Waals surface area contributed by atoms with Crippen LogP contribution in [0.15, 0.2) is 59.5 Å². The third kappa shape index (κ3) is 3.30. The van der Waals surface area contributed by atoms with Crippen LogP contribution in [0, 0.1) is 22.7 Å². The van der Waals surface area contributed by atoms with Crippen molar-refractivity contribution < 1.29 is 0 Å². The molecule has 2 aromatic carbocycles. The smallest absolute Gasteiger partial charge is 0.307 e. The van der Waals surface area contributed by atoms with Gasteiger partial charge in [0.1, 0.15) is 0 Å². The van der Waals surface area contributed by atoms with Gasteiger partial charge in [-0.25, -0.2) is 0 Å². The van der Waals surface area contributed by atoms with Gasteiger partial charge in [-0.1, -0.05) is 29.5 Å². The Morgan fingerprint density at radius 1 is 1.16 bits per heavy atom. The standard InChI is InChI=1S/C19H14N4OS/c1-23-16-8-7-15(11-17(16)25-19(23)24)18(22-10-2-9-20)14-5-3-13(12-21)4-6-14/h2-8,10-11,18,22H,1H3/b10-2-. The van der Waals surface area contributed by atoms with Crippen molar-refractivity contribution in [3.05, 3.63) is 81.1 Å². The zero-order valence-corrected chi connectivity index (χ0v) is 14.2. The minimum absolute atomic E-state index is 0.000548. The summed E-state index contributed by atoms with van der Waals surface area (Å²) in [6.45, 7) is 0. The van der Waals surface area contributed by atoms with Crippen LogP contribution in [0.1, 0.15) is 22.7 Å². The Morgan fingerprint density at radius 2 is 1.88 bits per heavy atom. The molecule has 0 bridgehead atoms. The molecule has 3 rings (SSSR count). The largest absolute Gasteiger partial charge is 0.379 e. The van der Waals surface area contributed by atoms with E-state index in [-0.39, 0.29) is 10.9 Å². The molecular weight excluding hydrogens is 332 g/mol. The maximum Gasteiger partial charge on any atom is 0.307 e. The predicted molar refractivity (Wildman–Crippen MR) is 98.0 cm³/mol. The number of nitriles is 2. The van der Waals surface area contributed by atoms with Crippen LogP contribution in [0.2, 0.25) is 0 Å². The summed E-state index contributed by atoms with van der Waals surface area (Å²) in [5.74, 6) is 0. The molecule has 0 fully saturated rings. The molecule has 0 aliphatic carbocycles. The second-order valence-corrected chi connectivity index (χ2v) is 6.44. The van der Waals surface area contributed by atoms with Crippen LogP contribution in [0.25, 0.3) is 10.2 Å². The first-order chi connectivity index (χ1) is 12.1. The zero-order valence-electron chi connectivity index (χ0n) is 13.4. The lowest BCUT2D eigenvalue weighted by molar-refractivity contribution is 0.730. The Bertz CT molecular complexity index is 1080. The SMILES string of the molecule is Cn1c(=O)sc2cc(C(N/C=C\C#N)c3ccc(C#N)cc3)ccc21. The van der Waals surface area contributed by atoms with Crippen LogP contribution in [-0.4, -0.2) is 4.57 Å². The number of rotatable bonds is 4. The van der Waals surface area contributed by atoms with Crippen molar-refractivity contribution in [3.8, 4) is 12.1 Å². The van der Waals surface area contributed by atoms with Gasteiger partial charge in [-0.05, 0) is 35.4 Å². The monoisotopic (exact) mass is 346 g/mol. The third-order valence-electron chi connectivity index (χ3n) is 3.94. The van der Waals surface area contributed by atoms with Crippen molar-refractivity contribution in [2.24, 2.45) is 7.05 Å². The number of allylic oxidation sites excluding steroid dienone is 1. The average Bonchev–Trinajstić information content (AvgIpc) is 2.92. The van der Waals surface area contributed by atoms with Gasteiger partial charge in [-0.15, -0.1) is 0 Å². The van der Waals surface area contributed by atoms with Gasteiger partial charge >= 0.3 is 4.87 Å². The molecule has 1 atom stereocenters. The van der Waals surface area contributed by atoms with E-state index in [1.165, 1.54) is 17.4 Å². The van der Waals surface area contributed by atoms with Crippen LogP contribution in [0.5, 0.6) is 0 Å². The number of nitrogens with zero attached hydrogens (tertiary/aromatic N) is 3. The topological polar surface area (TPSA) is 81.6 Å². The summed E-state index contributed by atoms with van der Waals surface area (Å²) in [5, 5.41) is 20.9. The first-order valence-electron chi connectivity index (χ1n) is 7.54. The number of aromatic nitrogens is 1. The summed E-state index contributed by atoms with van der Waals surface area (Å²) >= 11 is 1.21. The summed E-state index contributed by atoms with van der Waals surface area (Å²) in [6, 6.07) is 17.0. The molecule has 3 aromatic rings. The molecule has 122 valence electrons. The van der Waals surface area contributed by atoms with Crippen molar-refractivity contribution in [1.82, 2.24) is 9.88 Å². The first-order valence-corrected chi connectivity index (χ1v) is 8.36. The van der Waals surface area contributed by atoms with E-state index in [0.717, 1.165) is 21.3 Å². The lowest BCUT2D eigenvalue weighted by Gasteiger charge is -2.18. The Labute approximate surface area is 148 Å². The van der Waals surface area contributed by atoms with Gasteiger partial charge in [0.2, 0.25) is 0 Å². The fourth-order valence-corrected chi connectivity index (χ4v) is 3.57. The summed E-state index contributed by atoms with van der Waals surface area (Å²) in [5.41, 5.74) is 3.42. The minimum Gasteiger partial charge on any atom is -0.379 e. The molecule has 1 aromatic heterocycles. The molecule has 0 spiro atoms. The molecule has 1 heterocycles. The van der Waals surface area contributed by atoms with E-state index < -0.39 is 0 Å². The Morgan fingerprint density at radius 3 is 2.56 bits per heavy atom. The highest BCUT2D eigenvalue weighted by Gasteiger charge is 2.14. The van der Waals surface area contributed by atoms with Crippen molar-refractivity contribution in [1.29, 1.82) is 10.5 Å². The van der Waals surface area contributed by atoms with Crippen LogP contribution < -0.4 is 10.2 Å². The van der Waals surface area contributed by atoms with Crippen molar-refractivity contribution >= 4 is 21.6 Å². The fraction of sp³-hybridized carbons (Fsp3) is 0.105. The van der Waals surface area contributed by atoms with Crippen LogP contribution in [-0.2, 0) is 7.05 Å². The van der Waals surface area contributed by atoms with E-state index in [1.807, 2.05) is 36.4 Å². The van der Waals surface area contributed by atoms with Gasteiger partial charge in [0.15, 0.2) is 0 Å². The molecular formula is C19H14N4OS. The maximum atomic E-state index is 11.9. The van der Waals surface area contributed by atoms with Crippen molar-refractivity contribution in [2.75, 3.05) is 0 Å². The molecule has 5 nitrogen and oxygen atoms in total. The van der Waals surface area contributed by atoms with Crippen LogP contribution in [0.3, 0.4) is 0 Å². The Balaban J connectivity index is 2.07. The summed E-state index contributed by atoms with van der Waals surface area (Å²) < 4.78 is 2.54. The molecule has 0 aliphatic heterocycles. The third-order valence-corrected chi connectivity index (χ3v) is 4.94. The fourth-order valence-electron chi connectivity index (χ4n) is 2.65. The molecule has 1 unspecified atom stereocenters. The Kier molecular flexibility index (Phi) is 4.65. The zero-order chi connectivity index (χ0) is 17.8. The summed E-state index contributed by atoms with van der Waals surface area (Å²) in [4.78, 5) is 11.9. The normalized spacial score (nSPS) is 12.0. The van der Waals surface area contributed by atoms with Crippen LogP contribution in [0.4, 0.5) is 0 Å². The number of aryl methyl sites for hydroxylation is 1. The average molecular weight is 346 g/mol. The highest BCUT2D eigenvalue weighted by atomic mass is 32.1. The molecule has 0 saturated carbocycles. The molecule has 25 heavy (non-hydrogen) atoms. The molecule has 1 N–H and O–H groups in total. The number of hydrogen-bond acceptors (Lipinski definition) is 5. The van der Waals surface area contributed by atoms with Crippen molar-refractivity contribution in [2.45, 2.75) is 6.04 Å². The second kappa shape index (κ2) is 7.04. The lowest BCUT2D eigenvalue weighted by atomic mass is 9.97. The molecule has 0 aliphatic rings. The summed E-state index contributed by atoms with van der Waals surface area (Å²) in [6.07, 6.45) is 2.97. The highest BCUT2D eigenvalue weighted by Crippen LogP contribution is 2.27. The number of nitrogens with one attached hydrogen (secondary N) is 1. The maximum absolute atomic E-state index is 11.9. The number of hydrogen-bond donors (Lipinski definition) is 1. The second-order valence-electron chi connectivity index (χ2n) is 5.45. The van der Waals surface area contributed by atoms with E-state index in [4.69, 9.17) is 10.5 Å². The molecule has 6 heteroatoms. The summed E-state index contributed by atoms with van der Waals surface area (Å²) in [7, 11) is 1.76. The first kappa shape index (κ1) is 16.5. The van der Waals surface area contributed by atoms with Crippen LogP contribution >= 0.6 is 11.3 Å². The van der Waals surface area contributed by atoms with Crippen molar-refractivity contribution in [3.63, 3.8) is 0 Å².